The maximum Gasteiger partial charge on any atom is 0.224 e. The van der Waals surface area contributed by atoms with Crippen LogP contribution in [0.1, 0.15) is 5.56 Å². The molecular formula is C15H12ClN3. The van der Waals surface area contributed by atoms with Gasteiger partial charge in [-0.25, -0.2) is 9.97 Å². The molecule has 94 valence electrons. The van der Waals surface area contributed by atoms with E-state index >= 15 is 0 Å². The van der Waals surface area contributed by atoms with Gasteiger partial charge >= 0.3 is 0 Å². The fourth-order valence-corrected chi connectivity index (χ4v) is 2.08. The molecule has 0 aliphatic carbocycles. The van der Waals surface area contributed by atoms with E-state index in [4.69, 9.17) is 11.6 Å². The lowest BCUT2D eigenvalue weighted by atomic mass is 10.1. The van der Waals surface area contributed by atoms with Crippen LogP contribution >= 0.6 is 11.6 Å². The summed E-state index contributed by atoms with van der Waals surface area (Å²) >= 11 is 5.82. The largest absolute Gasteiger partial charge is 0.340 e. The van der Waals surface area contributed by atoms with Crippen LogP contribution in [0.25, 0.3) is 10.8 Å². The smallest absolute Gasteiger partial charge is 0.224 e. The molecule has 0 saturated heterocycles. The van der Waals surface area contributed by atoms with E-state index in [-0.39, 0.29) is 5.28 Å². The normalized spacial score (nSPS) is 10.6. The van der Waals surface area contributed by atoms with Gasteiger partial charge in [0.05, 0.1) is 0 Å². The zero-order valence-corrected chi connectivity index (χ0v) is 11.1. The molecule has 0 radical (unpaired) electrons. The maximum atomic E-state index is 5.82. The zero-order valence-electron chi connectivity index (χ0n) is 10.4. The summed E-state index contributed by atoms with van der Waals surface area (Å²) in [5.41, 5.74) is 1.94. The molecule has 2 aromatic carbocycles. The van der Waals surface area contributed by atoms with Crippen molar-refractivity contribution in [3.63, 3.8) is 0 Å². The molecule has 0 saturated carbocycles. The number of nitrogens with one attached hydrogen (secondary N) is 1. The number of aryl methyl sites for hydroxylation is 1. The minimum atomic E-state index is 0.244. The SMILES string of the molecule is Cc1cnc(Cl)nc1Nc1ccc2ccccc2c1. The van der Waals surface area contributed by atoms with Crippen LogP contribution < -0.4 is 5.32 Å². The number of anilines is 2. The first-order valence-corrected chi connectivity index (χ1v) is 6.35. The van der Waals surface area contributed by atoms with E-state index in [0.717, 1.165) is 17.1 Å². The first kappa shape index (κ1) is 11.9. The molecule has 0 aliphatic heterocycles. The second-order valence-corrected chi connectivity index (χ2v) is 4.70. The van der Waals surface area contributed by atoms with E-state index in [2.05, 4.69) is 39.6 Å². The van der Waals surface area contributed by atoms with Crippen molar-refractivity contribution in [1.29, 1.82) is 0 Å². The van der Waals surface area contributed by atoms with Gasteiger partial charge in [-0.2, -0.15) is 0 Å². The van der Waals surface area contributed by atoms with Gasteiger partial charge in [-0.1, -0.05) is 30.3 Å². The van der Waals surface area contributed by atoms with Crippen molar-refractivity contribution in [3.8, 4) is 0 Å². The van der Waals surface area contributed by atoms with E-state index in [1.165, 1.54) is 10.8 Å². The van der Waals surface area contributed by atoms with Crippen molar-refractivity contribution < 1.29 is 0 Å². The highest BCUT2D eigenvalue weighted by atomic mass is 35.5. The Kier molecular flexibility index (Phi) is 3.05. The van der Waals surface area contributed by atoms with Crippen LogP contribution in [0.2, 0.25) is 5.28 Å². The molecule has 1 heterocycles. The number of halogens is 1. The molecule has 3 nitrogen and oxygen atoms in total. The average Bonchev–Trinajstić information content (AvgIpc) is 2.43. The number of aromatic nitrogens is 2. The van der Waals surface area contributed by atoms with Gasteiger partial charge in [-0.05, 0) is 41.4 Å². The van der Waals surface area contributed by atoms with Crippen LogP contribution in [0.5, 0.6) is 0 Å². The quantitative estimate of drug-likeness (QED) is 0.704. The number of hydrogen-bond donors (Lipinski definition) is 1. The highest BCUT2D eigenvalue weighted by molar-refractivity contribution is 6.28. The number of hydrogen-bond acceptors (Lipinski definition) is 3. The summed E-state index contributed by atoms with van der Waals surface area (Å²) in [4.78, 5) is 8.14. The highest BCUT2D eigenvalue weighted by Gasteiger charge is 2.03. The van der Waals surface area contributed by atoms with Crippen molar-refractivity contribution in [2.24, 2.45) is 0 Å². The Morgan fingerprint density at radius 1 is 1.05 bits per heavy atom. The number of benzene rings is 2. The van der Waals surface area contributed by atoms with Gasteiger partial charge in [0.2, 0.25) is 5.28 Å². The second-order valence-electron chi connectivity index (χ2n) is 4.36. The zero-order chi connectivity index (χ0) is 13.2. The lowest BCUT2D eigenvalue weighted by molar-refractivity contribution is 1.13. The summed E-state index contributed by atoms with van der Waals surface area (Å²) in [6.07, 6.45) is 1.71. The lowest BCUT2D eigenvalue weighted by Crippen LogP contribution is -1.98. The van der Waals surface area contributed by atoms with Crippen molar-refractivity contribution in [1.82, 2.24) is 9.97 Å². The molecule has 0 amide bonds. The molecule has 0 atom stereocenters. The molecule has 0 unspecified atom stereocenters. The third-order valence-electron chi connectivity index (χ3n) is 2.95. The van der Waals surface area contributed by atoms with E-state index in [9.17, 15) is 0 Å². The summed E-state index contributed by atoms with van der Waals surface area (Å²) in [6.45, 7) is 1.94. The van der Waals surface area contributed by atoms with Crippen molar-refractivity contribution in [2.75, 3.05) is 5.32 Å². The Morgan fingerprint density at radius 2 is 1.84 bits per heavy atom. The molecule has 1 N–H and O–H groups in total. The predicted octanol–water partition coefficient (Wildman–Crippen LogP) is 4.34. The topological polar surface area (TPSA) is 37.8 Å². The number of fused-ring (bicyclic) bond motifs is 1. The van der Waals surface area contributed by atoms with Crippen LogP contribution in [-0.2, 0) is 0 Å². The standard InChI is InChI=1S/C15H12ClN3/c1-10-9-17-15(16)19-14(10)18-13-7-6-11-4-2-3-5-12(11)8-13/h2-9H,1H3,(H,17,18,19). The lowest BCUT2D eigenvalue weighted by Gasteiger charge is -2.09. The molecule has 0 aliphatic rings. The molecule has 0 fully saturated rings. The van der Waals surface area contributed by atoms with E-state index < -0.39 is 0 Å². The Hall–Kier alpha value is -2.13. The Bertz CT molecular complexity index is 740. The first-order chi connectivity index (χ1) is 9.22. The molecule has 0 spiro atoms. The predicted molar refractivity (Wildman–Crippen MR) is 79.0 cm³/mol. The Balaban J connectivity index is 1.98. The van der Waals surface area contributed by atoms with E-state index in [1.54, 1.807) is 6.20 Å². The van der Waals surface area contributed by atoms with Crippen LogP contribution in [0.4, 0.5) is 11.5 Å². The molecule has 19 heavy (non-hydrogen) atoms. The molecule has 3 rings (SSSR count). The summed E-state index contributed by atoms with van der Waals surface area (Å²) in [6, 6.07) is 14.4. The van der Waals surface area contributed by atoms with Crippen LogP contribution in [-0.4, -0.2) is 9.97 Å². The van der Waals surface area contributed by atoms with Gasteiger partial charge in [-0.15, -0.1) is 0 Å². The van der Waals surface area contributed by atoms with Gasteiger partial charge in [0.1, 0.15) is 5.82 Å². The monoisotopic (exact) mass is 269 g/mol. The van der Waals surface area contributed by atoms with Gasteiger partial charge in [0.25, 0.3) is 0 Å². The summed E-state index contributed by atoms with van der Waals surface area (Å²) in [5.74, 6) is 0.732. The first-order valence-electron chi connectivity index (χ1n) is 5.97. The Labute approximate surface area is 116 Å². The van der Waals surface area contributed by atoms with Gasteiger partial charge < -0.3 is 5.32 Å². The minimum absolute atomic E-state index is 0.244. The average molecular weight is 270 g/mol. The van der Waals surface area contributed by atoms with Crippen molar-refractivity contribution in [3.05, 3.63) is 59.5 Å². The molecule has 1 aromatic heterocycles. The van der Waals surface area contributed by atoms with Gasteiger partial charge in [-0.3, -0.25) is 0 Å². The minimum Gasteiger partial charge on any atom is -0.340 e. The molecule has 3 aromatic rings. The van der Waals surface area contributed by atoms with E-state index in [1.807, 2.05) is 25.1 Å². The number of rotatable bonds is 2. The van der Waals surface area contributed by atoms with Crippen molar-refractivity contribution in [2.45, 2.75) is 6.92 Å². The van der Waals surface area contributed by atoms with Crippen LogP contribution in [0.3, 0.4) is 0 Å². The highest BCUT2D eigenvalue weighted by Crippen LogP contribution is 2.23. The van der Waals surface area contributed by atoms with Crippen molar-refractivity contribution >= 4 is 33.9 Å². The van der Waals surface area contributed by atoms with Gasteiger partial charge in [0.15, 0.2) is 0 Å². The third-order valence-corrected chi connectivity index (χ3v) is 3.14. The summed E-state index contributed by atoms with van der Waals surface area (Å²) in [7, 11) is 0. The van der Waals surface area contributed by atoms with Gasteiger partial charge in [0, 0.05) is 17.4 Å². The molecule has 4 heteroatoms. The van der Waals surface area contributed by atoms with Crippen LogP contribution in [0.15, 0.2) is 48.7 Å². The summed E-state index contributed by atoms with van der Waals surface area (Å²) in [5, 5.41) is 5.91. The second kappa shape index (κ2) is 4.86. The molecular weight excluding hydrogens is 258 g/mol. The number of nitrogens with zero attached hydrogens (tertiary/aromatic N) is 2. The Morgan fingerprint density at radius 3 is 2.68 bits per heavy atom. The van der Waals surface area contributed by atoms with Crippen LogP contribution in [0, 0.1) is 6.92 Å². The fraction of sp³-hybridized carbons (Fsp3) is 0.0667. The van der Waals surface area contributed by atoms with E-state index in [0.29, 0.717) is 0 Å². The maximum absolute atomic E-state index is 5.82. The third kappa shape index (κ3) is 2.51. The fourth-order valence-electron chi connectivity index (χ4n) is 1.95. The summed E-state index contributed by atoms with van der Waals surface area (Å²) < 4.78 is 0. The molecule has 0 bridgehead atoms.